The number of aliphatic carboxylic acids is 1. The molecule has 118 valence electrons. The summed E-state index contributed by atoms with van der Waals surface area (Å²) in [6.07, 6.45) is 5.31. The lowest BCUT2D eigenvalue weighted by atomic mass is 9.82. The van der Waals surface area contributed by atoms with E-state index in [4.69, 9.17) is 0 Å². The number of likely N-dealkylation sites (tertiary alicyclic amines) is 1. The second-order valence-electron chi connectivity index (χ2n) is 7.13. The molecule has 0 aromatic heterocycles. The summed E-state index contributed by atoms with van der Waals surface area (Å²) in [6, 6.07) is 0. The zero-order valence-corrected chi connectivity index (χ0v) is 13.7. The molecule has 1 unspecified atom stereocenters. The number of carbonyl (C=O) groups is 1. The van der Waals surface area contributed by atoms with Gasteiger partial charge < -0.3 is 15.3 Å². The minimum atomic E-state index is -0.765. The molecule has 4 heteroatoms. The minimum Gasteiger partial charge on any atom is -0.480 e. The first-order valence-electron chi connectivity index (χ1n) is 8.00. The molecular formula is C16H32N2O2. The number of carboxylic acids is 1. The molecule has 1 saturated heterocycles. The topological polar surface area (TPSA) is 52.6 Å². The van der Waals surface area contributed by atoms with Gasteiger partial charge in [0, 0.05) is 0 Å². The predicted octanol–water partition coefficient (Wildman–Crippen LogP) is 2.73. The number of unbranched alkanes of at least 4 members (excludes halogenated alkanes) is 1. The maximum Gasteiger partial charge on any atom is 0.323 e. The number of nitrogens with one attached hydrogen (secondary N) is 1. The highest BCUT2D eigenvalue weighted by atomic mass is 16.4. The summed E-state index contributed by atoms with van der Waals surface area (Å²) in [4.78, 5) is 13.8. The van der Waals surface area contributed by atoms with Gasteiger partial charge in [0.05, 0.1) is 0 Å². The first-order valence-corrected chi connectivity index (χ1v) is 8.00. The summed E-state index contributed by atoms with van der Waals surface area (Å²) in [7, 11) is 0. The van der Waals surface area contributed by atoms with Crippen LogP contribution in [0.25, 0.3) is 0 Å². The summed E-state index contributed by atoms with van der Waals surface area (Å²) in [5.41, 5.74) is -0.262. The fourth-order valence-electron chi connectivity index (χ4n) is 2.86. The minimum absolute atomic E-state index is 0.503. The summed E-state index contributed by atoms with van der Waals surface area (Å²) < 4.78 is 0. The smallest absolute Gasteiger partial charge is 0.323 e. The number of rotatable bonds is 8. The largest absolute Gasteiger partial charge is 0.480 e. The van der Waals surface area contributed by atoms with E-state index in [9.17, 15) is 9.90 Å². The number of likely N-dealkylation sites (N-methyl/N-ethyl adjacent to an activating group) is 1. The van der Waals surface area contributed by atoms with Gasteiger partial charge in [-0.05, 0) is 70.6 Å². The van der Waals surface area contributed by atoms with Crippen LogP contribution >= 0.6 is 0 Å². The molecule has 0 spiro atoms. The Bertz CT molecular complexity index is 308. The lowest BCUT2D eigenvalue weighted by molar-refractivity contribution is -0.144. The molecule has 4 nitrogen and oxygen atoms in total. The Morgan fingerprint density at radius 1 is 1.30 bits per heavy atom. The van der Waals surface area contributed by atoms with E-state index in [1.165, 1.54) is 25.9 Å². The van der Waals surface area contributed by atoms with Gasteiger partial charge >= 0.3 is 5.97 Å². The zero-order chi connectivity index (χ0) is 15.2. The molecule has 20 heavy (non-hydrogen) atoms. The van der Waals surface area contributed by atoms with E-state index < -0.39 is 11.5 Å². The van der Waals surface area contributed by atoms with Crippen molar-refractivity contribution in [2.75, 3.05) is 26.2 Å². The Labute approximate surface area is 123 Å². The van der Waals surface area contributed by atoms with Crippen LogP contribution in [0.1, 0.15) is 59.8 Å². The fourth-order valence-corrected chi connectivity index (χ4v) is 2.86. The van der Waals surface area contributed by atoms with Crippen LogP contribution in [0.3, 0.4) is 0 Å². The molecule has 1 atom stereocenters. The Hall–Kier alpha value is -0.610. The summed E-state index contributed by atoms with van der Waals surface area (Å²) in [5, 5.41) is 12.4. The van der Waals surface area contributed by atoms with Crippen LogP contribution in [0, 0.1) is 5.41 Å². The molecule has 0 amide bonds. The number of hydrogen-bond donors (Lipinski definition) is 2. The normalized spacial score (nSPS) is 22.4. The van der Waals surface area contributed by atoms with Crippen molar-refractivity contribution < 1.29 is 9.90 Å². The fraction of sp³-hybridized carbons (Fsp3) is 0.938. The Balaban J connectivity index is 2.23. The first-order chi connectivity index (χ1) is 9.29. The molecule has 0 bridgehead atoms. The van der Waals surface area contributed by atoms with Gasteiger partial charge in [-0.3, -0.25) is 4.79 Å². The quantitative estimate of drug-likeness (QED) is 0.673. The van der Waals surface area contributed by atoms with Crippen molar-refractivity contribution in [2.45, 2.75) is 65.3 Å². The van der Waals surface area contributed by atoms with Crippen LogP contribution in [0.4, 0.5) is 0 Å². The molecule has 0 saturated carbocycles. The summed E-state index contributed by atoms with van der Waals surface area (Å²) in [5.74, 6) is -0.737. The molecule has 1 aliphatic heterocycles. The lowest BCUT2D eigenvalue weighted by Crippen LogP contribution is -2.49. The number of nitrogens with zero attached hydrogens (tertiary/aromatic N) is 1. The van der Waals surface area contributed by atoms with Gasteiger partial charge in [0.15, 0.2) is 0 Å². The van der Waals surface area contributed by atoms with Crippen molar-refractivity contribution >= 4 is 5.97 Å². The monoisotopic (exact) mass is 284 g/mol. The highest BCUT2D eigenvalue weighted by Crippen LogP contribution is 2.29. The van der Waals surface area contributed by atoms with Gasteiger partial charge in [0.2, 0.25) is 0 Å². The van der Waals surface area contributed by atoms with E-state index in [1.807, 2.05) is 6.92 Å². The standard InChI is InChI=1S/C16H32N2O2/c1-5-17-16(4,14(19)20)8-6-7-11-18-12-9-15(2,3)10-13-18/h17H,5-13H2,1-4H3,(H,19,20). The SMILES string of the molecule is CCNC(C)(CCCCN1CCC(C)(C)CC1)C(=O)O. The van der Waals surface area contributed by atoms with Crippen molar-refractivity contribution in [3.8, 4) is 0 Å². The van der Waals surface area contributed by atoms with Gasteiger partial charge in [-0.15, -0.1) is 0 Å². The highest BCUT2D eigenvalue weighted by Gasteiger charge is 2.31. The van der Waals surface area contributed by atoms with E-state index in [1.54, 1.807) is 6.92 Å². The van der Waals surface area contributed by atoms with Crippen LogP contribution in [0.2, 0.25) is 0 Å². The van der Waals surface area contributed by atoms with Crippen molar-refractivity contribution in [1.82, 2.24) is 10.2 Å². The van der Waals surface area contributed by atoms with Crippen LogP contribution in [0.5, 0.6) is 0 Å². The average molecular weight is 284 g/mol. The second kappa shape index (κ2) is 7.41. The molecular weight excluding hydrogens is 252 g/mol. The van der Waals surface area contributed by atoms with E-state index in [2.05, 4.69) is 24.1 Å². The van der Waals surface area contributed by atoms with Crippen LogP contribution < -0.4 is 5.32 Å². The third-order valence-electron chi connectivity index (χ3n) is 4.65. The first kappa shape index (κ1) is 17.4. The van der Waals surface area contributed by atoms with E-state index in [0.29, 0.717) is 18.4 Å². The molecule has 1 fully saturated rings. The molecule has 2 N–H and O–H groups in total. The average Bonchev–Trinajstić information content (AvgIpc) is 2.36. The van der Waals surface area contributed by atoms with E-state index in [-0.39, 0.29) is 0 Å². The van der Waals surface area contributed by atoms with Gasteiger partial charge in [0.1, 0.15) is 5.54 Å². The predicted molar refractivity (Wildman–Crippen MR) is 83.0 cm³/mol. The molecule has 1 heterocycles. The third-order valence-corrected chi connectivity index (χ3v) is 4.65. The number of hydrogen-bond acceptors (Lipinski definition) is 3. The van der Waals surface area contributed by atoms with E-state index >= 15 is 0 Å². The van der Waals surface area contributed by atoms with E-state index in [0.717, 1.165) is 19.4 Å². The van der Waals surface area contributed by atoms with Gasteiger partial charge in [-0.25, -0.2) is 0 Å². The summed E-state index contributed by atoms with van der Waals surface area (Å²) >= 11 is 0. The maximum atomic E-state index is 11.3. The van der Waals surface area contributed by atoms with Crippen molar-refractivity contribution in [3.05, 3.63) is 0 Å². The molecule has 0 aromatic rings. The van der Waals surface area contributed by atoms with Crippen LogP contribution in [-0.2, 0) is 4.79 Å². The Kier molecular flexibility index (Phi) is 6.46. The molecule has 0 aromatic carbocycles. The van der Waals surface area contributed by atoms with Crippen molar-refractivity contribution in [2.24, 2.45) is 5.41 Å². The highest BCUT2D eigenvalue weighted by molar-refractivity contribution is 5.78. The maximum absolute atomic E-state index is 11.3. The number of piperidine rings is 1. The lowest BCUT2D eigenvalue weighted by Gasteiger charge is -2.37. The summed E-state index contributed by atoms with van der Waals surface area (Å²) in [6.45, 7) is 12.6. The molecule has 0 radical (unpaired) electrons. The Morgan fingerprint density at radius 3 is 2.40 bits per heavy atom. The molecule has 1 rings (SSSR count). The zero-order valence-electron chi connectivity index (χ0n) is 13.7. The van der Waals surface area contributed by atoms with Crippen LogP contribution in [-0.4, -0.2) is 47.7 Å². The third kappa shape index (κ3) is 5.41. The van der Waals surface area contributed by atoms with Crippen molar-refractivity contribution in [3.63, 3.8) is 0 Å². The van der Waals surface area contributed by atoms with Gasteiger partial charge in [-0.1, -0.05) is 20.8 Å². The molecule has 1 aliphatic rings. The second-order valence-corrected chi connectivity index (χ2v) is 7.13. The van der Waals surface area contributed by atoms with Crippen molar-refractivity contribution in [1.29, 1.82) is 0 Å². The van der Waals surface area contributed by atoms with Gasteiger partial charge in [-0.2, -0.15) is 0 Å². The molecule has 0 aliphatic carbocycles. The van der Waals surface area contributed by atoms with Gasteiger partial charge in [0.25, 0.3) is 0 Å². The van der Waals surface area contributed by atoms with Crippen LogP contribution in [0.15, 0.2) is 0 Å². The number of carboxylic acid groups (broad SMARTS) is 1. The Morgan fingerprint density at radius 2 is 1.90 bits per heavy atom.